The first-order valence-corrected chi connectivity index (χ1v) is 7.59. The molecular weight excluding hydrogens is 254 g/mol. The maximum atomic E-state index is 11.1. The molecule has 1 aromatic heterocycles. The first-order chi connectivity index (χ1) is 8.19. The van der Waals surface area contributed by atoms with Gasteiger partial charge in [0.1, 0.15) is 0 Å². The number of methoxy groups -OCH3 is 1. The van der Waals surface area contributed by atoms with Crippen LogP contribution in [0.1, 0.15) is 29.9 Å². The van der Waals surface area contributed by atoms with E-state index in [4.69, 9.17) is 5.73 Å². The van der Waals surface area contributed by atoms with Crippen LogP contribution in [0.4, 0.5) is 0 Å². The second-order valence-electron chi connectivity index (χ2n) is 3.71. The normalized spacial score (nSPS) is 14.3. The summed E-state index contributed by atoms with van der Waals surface area (Å²) in [5.74, 6) is 0.593. The molecule has 0 aliphatic heterocycles. The summed E-state index contributed by atoms with van der Waals surface area (Å²) in [5, 5.41) is 2.34. The number of carbonyl (C=O) groups is 1. The van der Waals surface area contributed by atoms with E-state index in [9.17, 15) is 4.79 Å². The summed E-state index contributed by atoms with van der Waals surface area (Å²) in [4.78, 5) is 12.3. The fraction of sp³-hybridized carbons (Fsp3) is 0.583. The topological polar surface area (TPSA) is 52.3 Å². The molecule has 0 bridgehead atoms. The summed E-state index contributed by atoms with van der Waals surface area (Å²) < 4.78 is 4.63. The van der Waals surface area contributed by atoms with E-state index in [1.807, 2.05) is 6.07 Å². The number of thioether (sulfide) groups is 1. The van der Waals surface area contributed by atoms with Gasteiger partial charge in [-0.25, -0.2) is 0 Å². The molecule has 0 saturated carbocycles. The van der Waals surface area contributed by atoms with Crippen LogP contribution in [0.3, 0.4) is 0 Å². The van der Waals surface area contributed by atoms with Crippen molar-refractivity contribution in [1.29, 1.82) is 0 Å². The summed E-state index contributed by atoms with van der Waals surface area (Å²) in [5.41, 5.74) is 6.13. The molecule has 0 fully saturated rings. The third-order valence-corrected chi connectivity index (χ3v) is 5.02. The van der Waals surface area contributed by atoms with Crippen LogP contribution in [-0.4, -0.2) is 24.9 Å². The third-order valence-electron chi connectivity index (χ3n) is 2.52. The Balaban J connectivity index is 2.51. The summed E-state index contributed by atoms with van der Waals surface area (Å²) >= 11 is 3.46. The number of ether oxygens (including phenoxy) is 1. The zero-order valence-electron chi connectivity index (χ0n) is 10.2. The van der Waals surface area contributed by atoms with Crippen molar-refractivity contribution >= 4 is 29.1 Å². The molecule has 0 saturated heterocycles. The monoisotopic (exact) mass is 273 g/mol. The standard InChI is InChI=1S/C12H19NO2S2/c1-3-9(13)12(10-5-4-7-16-10)17-8-6-11(14)15-2/h4-5,7,9,12H,3,6,8,13H2,1-2H3. The molecule has 2 unspecified atom stereocenters. The van der Waals surface area contributed by atoms with Gasteiger partial charge in [0.15, 0.2) is 0 Å². The van der Waals surface area contributed by atoms with Crippen LogP contribution in [-0.2, 0) is 9.53 Å². The minimum Gasteiger partial charge on any atom is -0.469 e. The Morgan fingerprint density at radius 2 is 2.41 bits per heavy atom. The van der Waals surface area contributed by atoms with Gasteiger partial charge < -0.3 is 10.5 Å². The maximum absolute atomic E-state index is 11.1. The van der Waals surface area contributed by atoms with Crippen molar-refractivity contribution in [1.82, 2.24) is 0 Å². The Hall–Kier alpha value is -0.520. The van der Waals surface area contributed by atoms with Crippen molar-refractivity contribution in [2.75, 3.05) is 12.9 Å². The summed E-state index contributed by atoms with van der Waals surface area (Å²) in [6.45, 7) is 2.09. The van der Waals surface area contributed by atoms with E-state index in [2.05, 4.69) is 23.1 Å². The van der Waals surface area contributed by atoms with Gasteiger partial charge in [-0.15, -0.1) is 11.3 Å². The molecule has 3 nitrogen and oxygen atoms in total. The molecule has 0 aliphatic rings. The van der Waals surface area contributed by atoms with Crippen LogP contribution >= 0.6 is 23.1 Å². The van der Waals surface area contributed by atoms with Crippen LogP contribution in [0.15, 0.2) is 17.5 Å². The van der Waals surface area contributed by atoms with E-state index in [1.54, 1.807) is 23.1 Å². The van der Waals surface area contributed by atoms with E-state index >= 15 is 0 Å². The van der Waals surface area contributed by atoms with Gasteiger partial charge in [-0.2, -0.15) is 11.8 Å². The van der Waals surface area contributed by atoms with Gasteiger partial charge in [-0.05, 0) is 17.9 Å². The SMILES string of the molecule is CCC(N)C(SCCC(=O)OC)c1cccs1. The second kappa shape index (κ2) is 7.74. The van der Waals surface area contributed by atoms with Crippen LogP contribution in [0.25, 0.3) is 0 Å². The summed E-state index contributed by atoms with van der Waals surface area (Å²) in [6, 6.07) is 4.28. The van der Waals surface area contributed by atoms with Crippen LogP contribution in [0, 0.1) is 0 Å². The quantitative estimate of drug-likeness (QED) is 0.776. The molecule has 0 aliphatic carbocycles. The molecule has 2 N–H and O–H groups in total. The van der Waals surface area contributed by atoms with E-state index < -0.39 is 0 Å². The van der Waals surface area contributed by atoms with Crippen LogP contribution in [0.2, 0.25) is 0 Å². The van der Waals surface area contributed by atoms with Gasteiger partial charge >= 0.3 is 5.97 Å². The summed E-state index contributed by atoms with van der Waals surface area (Å²) in [6.07, 6.45) is 1.38. The Labute approximate surface area is 111 Å². The van der Waals surface area contributed by atoms with Crippen molar-refractivity contribution in [3.8, 4) is 0 Å². The first kappa shape index (κ1) is 14.5. The lowest BCUT2D eigenvalue weighted by Gasteiger charge is -2.21. The van der Waals surface area contributed by atoms with Gasteiger partial charge in [0.2, 0.25) is 0 Å². The number of rotatable bonds is 7. The Morgan fingerprint density at radius 1 is 1.65 bits per heavy atom. The molecular formula is C12H19NO2S2. The van der Waals surface area contributed by atoms with Crippen molar-refractivity contribution in [3.05, 3.63) is 22.4 Å². The van der Waals surface area contributed by atoms with E-state index in [0.717, 1.165) is 12.2 Å². The van der Waals surface area contributed by atoms with Crippen molar-refractivity contribution in [3.63, 3.8) is 0 Å². The lowest BCUT2D eigenvalue weighted by molar-refractivity contribution is -0.140. The van der Waals surface area contributed by atoms with Gasteiger partial charge in [0.05, 0.1) is 18.8 Å². The zero-order chi connectivity index (χ0) is 12.7. The second-order valence-corrected chi connectivity index (χ2v) is 5.93. The number of esters is 1. The minimum absolute atomic E-state index is 0.135. The fourth-order valence-corrected chi connectivity index (χ4v) is 3.83. The lowest BCUT2D eigenvalue weighted by Crippen LogP contribution is -2.25. The molecule has 96 valence electrons. The van der Waals surface area contributed by atoms with Gasteiger partial charge in [0.25, 0.3) is 0 Å². The van der Waals surface area contributed by atoms with E-state index in [-0.39, 0.29) is 17.3 Å². The van der Waals surface area contributed by atoms with Gasteiger partial charge in [-0.3, -0.25) is 4.79 Å². The average molecular weight is 273 g/mol. The average Bonchev–Trinajstić information content (AvgIpc) is 2.86. The molecule has 0 aromatic carbocycles. The minimum atomic E-state index is -0.160. The molecule has 0 amide bonds. The number of nitrogens with two attached hydrogens (primary N) is 1. The molecule has 2 atom stereocenters. The maximum Gasteiger partial charge on any atom is 0.306 e. The Kier molecular flexibility index (Phi) is 6.62. The van der Waals surface area contributed by atoms with E-state index in [1.165, 1.54) is 12.0 Å². The molecule has 17 heavy (non-hydrogen) atoms. The molecule has 1 rings (SSSR count). The number of hydrogen-bond donors (Lipinski definition) is 1. The van der Waals surface area contributed by atoms with Crippen LogP contribution < -0.4 is 5.73 Å². The number of thiophene rings is 1. The molecule has 1 heterocycles. The van der Waals surface area contributed by atoms with Crippen molar-refractivity contribution in [2.45, 2.75) is 31.1 Å². The zero-order valence-corrected chi connectivity index (χ0v) is 11.9. The highest BCUT2D eigenvalue weighted by molar-refractivity contribution is 7.99. The molecule has 0 spiro atoms. The van der Waals surface area contributed by atoms with Gasteiger partial charge in [0, 0.05) is 16.7 Å². The highest BCUT2D eigenvalue weighted by atomic mass is 32.2. The Bertz CT molecular complexity index is 327. The first-order valence-electron chi connectivity index (χ1n) is 5.66. The predicted octanol–water partition coefficient (Wildman–Crippen LogP) is 2.82. The fourth-order valence-electron chi connectivity index (χ4n) is 1.46. The highest BCUT2D eigenvalue weighted by Crippen LogP contribution is 2.35. The smallest absolute Gasteiger partial charge is 0.306 e. The molecule has 0 radical (unpaired) electrons. The van der Waals surface area contributed by atoms with Crippen molar-refractivity contribution in [2.24, 2.45) is 5.73 Å². The number of carbonyl (C=O) groups excluding carboxylic acids is 1. The molecule has 5 heteroatoms. The number of hydrogen-bond acceptors (Lipinski definition) is 5. The third kappa shape index (κ3) is 4.69. The predicted molar refractivity (Wildman–Crippen MR) is 74.4 cm³/mol. The van der Waals surface area contributed by atoms with Crippen molar-refractivity contribution < 1.29 is 9.53 Å². The largest absolute Gasteiger partial charge is 0.469 e. The van der Waals surface area contributed by atoms with Crippen LogP contribution in [0.5, 0.6) is 0 Å². The highest BCUT2D eigenvalue weighted by Gasteiger charge is 2.20. The molecule has 1 aromatic rings. The summed E-state index contributed by atoms with van der Waals surface area (Å²) in [7, 11) is 1.42. The van der Waals surface area contributed by atoms with E-state index in [0.29, 0.717) is 6.42 Å². The van der Waals surface area contributed by atoms with Gasteiger partial charge in [-0.1, -0.05) is 13.0 Å². The Morgan fingerprint density at radius 3 is 2.94 bits per heavy atom. The lowest BCUT2D eigenvalue weighted by atomic mass is 10.1.